The van der Waals surface area contributed by atoms with E-state index in [9.17, 15) is 4.79 Å². The van der Waals surface area contributed by atoms with Gasteiger partial charge >= 0.3 is 0 Å². The first kappa shape index (κ1) is 18.7. The van der Waals surface area contributed by atoms with Gasteiger partial charge in [0.2, 0.25) is 5.91 Å². The summed E-state index contributed by atoms with van der Waals surface area (Å²) in [5.41, 5.74) is 5.54. The van der Waals surface area contributed by atoms with Gasteiger partial charge in [0.05, 0.1) is 29.5 Å². The summed E-state index contributed by atoms with van der Waals surface area (Å²) in [5, 5.41) is 15.8. The number of nitrogens with zero attached hydrogens (tertiary/aromatic N) is 4. The summed E-state index contributed by atoms with van der Waals surface area (Å²) in [6.07, 6.45) is 7.51. The fourth-order valence-corrected chi connectivity index (χ4v) is 3.54. The summed E-state index contributed by atoms with van der Waals surface area (Å²) in [7, 11) is 0. The zero-order valence-electron chi connectivity index (χ0n) is 16.7. The predicted octanol–water partition coefficient (Wildman–Crippen LogP) is 3.67. The van der Waals surface area contributed by atoms with E-state index in [1.165, 1.54) is 0 Å². The minimum absolute atomic E-state index is 0.0491. The van der Waals surface area contributed by atoms with Gasteiger partial charge in [0.15, 0.2) is 0 Å². The molecule has 31 heavy (non-hydrogen) atoms. The number of carbonyl (C=O) groups excluding carboxylic acids is 1. The molecule has 0 radical (unpaired) electrons. The number of hydrogen-bond donors (Lipinski definition) is 2. The van der Waals surface area contributed by atoms with Crippen LogP contribution in [0.15, 0.2) is 85.5 Å². The van der Waals surface area contributed by atoms with E-state index in [1.807, 2.05) is 71.5 Å². The van der Waals surface area contributed by atoms with Crippen LogP contribution >= 0.6 is 0 Å². The second kappa shape index (κ2) is 8.23. The van der Waals surface area contributed by atoms with Crippen molar-refractivity contribution in [3.8, 4) is 16.9 Å². The zero-order valence-corrected chi connectivity index (χ0v) is 16.7. The van der Waals surface area contributed by atoms with E-state index in [2.05, 4.69) is 20.5 Å². The number of aromatic nitrogens is 5. The number of rotatable bonds is 6. The standard InChI is InChI=1S/C24H20N6O/c31-23(13-17-6-7-19-15-27-28-22(19)12-17)26-14-20-16-30(21-4-2-1-3-5-21)29-24(20)18-8-10-25-11-9-18/h1-12,15-16H,13-14H2,(H,26,31)(H,27,28). The Morgan fingerprint density at radius 2 is 1.87 bits per heavy atom. The maximum atomic E-state index is 12.6. The fourth-order valence-electron chi connectivity index (χ4n) is 3.54. The van der Waals surface area contributed by atoms with E-state index in [0.29, 0.717) is 13.0 Å². The Balaban J connectivity index is 1.36. The lowest BCUT2D eigenvalue weighted by Gasteiger charge is -2.06. The Morgan fingerprint density at radius 3 is 2.71 bits per heavy atom. The third kappa shape index (κ3) is 4.06. The Morgan fingerprint density at radius 1 is 1.03 bits per heavy atom. The van der Waals surface area contributed by atoms with Crippen molar-refractivity contribution in [2.75, 3.05) is 0 Å². The number of amides is 1. The summed E-state index contributed by atoms with van der Waals surface area (Å²) in [4.78, 5) is 16.7. The summed E-state index contributed by atoms with van der Waals surface area (Å²) >= 11 is 0. The van der Waals surface area contributed by atoms with Crippen molar-refractivity contribution >= 4 is 16.8 Å². The summed E-state index contributed by atoms with van der Waals surface area (Å²) < 4.78 is 1.84. The number of benzene rings is 2. The number of hydrogen-bond acceptors (Lipinski definition) is 4. The second-order valence-electron chi connectivity index (χ2n) is 7.26. The highest BCUT2D eigenvalue weighted by molar-refractivity contribution is 5.82. The molecule has 0 aliphatic heterocycles. The SMILES string of the molecule is O=C(Cc1ccc2cn[nH]c2c1)NCc1cn(-c2ccccc2)nc1-c1ccncc1. The maximum Gasteiger partial charge on any atom is 0.224 e. The lowest BCUT2D eigenvalue weighted by molar-refractivity contribution is -0.120. The van der Waals surface area contributed by atoms with Crippen LogP contribution in [-0.2, 0) is 17.8 Å². The van der Waals surface area contributed by atoms with Gasteiger partial charge in [0, 0.05) is 41.6 Å². The Bertz CT molecular complexity index is 1320. The average Bonchev–Trinajstić information content (AvgIpc) is 3.46. The summed E-state index contributed by atoms with van der Waals surface area (Å²) in [6.45, 7) is 0.385. The molecule has 7 heteroatoms. The molecule has 0 spiro atoms. The number of pyridine rings is 1. The van der Waals surface area contributed by atoms with Crippen molar-refractivity contribution in [3.63, 3.8) is 0 Å². The van der Waals surface area contributed by atoms with Crippen LogP contribution in [0.4, 0.5) is 0 Å². The van der Waals surface area contributed by atoms with E-state index >= 15 is 0 Å². The van der Waals surface area contributed by atoms with E-state index in [4.69, 9.17) is 5.10 Å². The van der Waals surface area contributed by atoms with Gasteiger partial charge in [0.25, 0.3) is 0 Å². The number of nitrogens with one attached hydrogen (secondary N) is 2. The minimum atomic E-state index is -0.0491. The lowest BCUT2D eigenvalue weighted by Crippen LogP contribution is -2.24. The molecule has 0 saturated carbocycles. The maximum absolute atomic E-state index is 12.6. The number of aromatic amines is 1. The first-order chi connectivity index (χ1) is 15.3. The molecule has 5 rings (SSSR count). The molecule has 3 aromatic heterocycles. The molecule has 0 aliphatic rings. The zero-order chi connectivity index (χ0) is 21.0. The molecule has 0 saturated heterocycles. The van der Waals surface area contributed by atoms with E-state index in [-0.39, 0.29) is 5.91 Å². The molecule has 0 unspecified atom stereocenters. The van der Waals surface area contributed by atoms with Crippen LogP contribution in [0.5, 0.6) is 0 Å². The Labute approximate surface area is 178 Å². The third-order valence-corrected chi connectivity index (χ3v) is 5.11. The van der Waals surface area contributed by atoms with Gasteiger partial charge in [0.1, 0.15) is 0 Å². The molecule has 5 aromatic rings. The highest BCUT2D eigenvalue weighted by atomic mass is 16.1. The van der Waals surface area contributed by atoms with Gasteiger partial charge in [-0.15, -0.1) is 0 Å². The molecule has 3 heterocycles. The minimum Gasteiger partial charge on any atom is -0.352 e. The molecule has 152 valence electrons. The van der Waals surface area contributed by atoms with Gasteiger partial charge in [-0.2, -0.15) is 10.2 Å². The van der Waals surface area contributed by atoms with Gasteiger partial charge in [-0.05, 0) is 35.9 Å². The largest absolute Gasteiger partial charge is 0.352 e. The fraction of sp³-hybridized carbons (Fsp3) is 0.0833. The molecule has 2 aromatic carbocycles. The number of carbonyl (C=O) groups is 1. The van der Waals surface area contributed by atoms with Crippen molar-refractivity contribution in [2.24, 2.45) is 0 Å². The summed E-state index contributed by atoms with van der Waals surface area (Å²) in [6, 6.07) is 19.6. The van der Waals surface area contributed by atoms with Crippen LogP contribution in [0.25, 0.3) is 27.8 Å². The monoisotopic (exact) mass is 408 g/mol. The third-order valence-electron chi connectivity index (χ3n) is 5.11. The highest BCUT2D eigenvalue weighted by Gasteiger charge is 2.14. The average molecular weight is 408 g/mol. The molecular formula is C24H20N6O. The van der Waals surface area contributed by atoms with Gasteiger partial charge in [-0.3, -0.25) is 14.9 Å². The molecular weight excluding hydrogens is 388 g/mol. The number of H-pyrrole nitrogens is 1. The molecule has 7 nitrogen and oxygen atoms in total. The van der Waals surface area contributed by atoms with Gasteiger partial charge in [-0.1, -0.05) is 30.3 Å². The normalized spacial score (nSPS) is 11.0. The van der Waals surface area contributed by atoms with Crippen molar-refractivity contribution in [3.05, 3.63) is 96.6 Å². The highest BCUT2D eigenvalue weighted by Crippen LogP contribution is 2.23. The Hall–Kier alpha value is -4.26. The van der Waals surface area contributed by atoms with Crippen LogP contribution in [0.2, 0.25) is 0 Å². The lowest BCUT2D eigenvalue weighted by atomic mass is 10.1. The molecule has 2 N–H and O–H groups in total. The molecule has 0 bridgehead atoms. The predicted molar refractivity (Wildman–Crippen MR) is 118 cm³/mol. The van der Waals surface area contributed by atoms with Crippen molar-refractivity contribution in [2.45, 2.75) is 13.0 Å². The number of fused-ring (bicyclic) bond motifs is 1. The molecule has 0 fully saturated rings. The van der Waals surface area contributed by atoms with Gasteiger partial charge in [-0.25, -0.2) is 4.68 Å². The van der Waals surface area contributed by atoms with E-state index in [0.717, 1.165) is 39.0 Å². The van der Waals surface area contributed by atoms with Crippen LogP contribution < -0.4 is 5.32 Å². The molecule has 1 amide bonds. The smallest absolute Gasteiger partial charge is 0.224 e. The van der Waals surface area contributed by atoms with Crippen molar-refractivity contribution in [1.29, 1.82) is 0 Å². The Kier molecular flexibility index (Phi) is 4.98. The number of para-hydroxylation sites is 1. The molecule has 0 aliphatic carbocycles. The topological polar surface area (TPSA) is 88.5 Å². The first-order valence-corrected chi connectivity index (χ1v) is 9.99. The molecule has 0 atom stereocenters. The van der Waals surface area contributed by atoms with Crippen LogP contribution in [0, 0.1) is 0 Å². The first-order valence-electron chi connectivity index (χ1n) is 9.99. The van der Waals surface area contributed by atoms with E-state index < -0.39 is 0 Å². The van der Waals surface area contributed by atoms with Crippen LogP contribution in [0.3, 0.4) is 0 Å². The van der Waals surface area contributed by atoms with Crippen molar-refractivity contribution < 1.29 is 4.79 Å². The van der Waals surface area contributed by atoms with E-state index in [1.54, 1.807) is 18.6 Å². The van der Waals surface area contributed by atoms with Crippen LogP contribution in [0.1, 0.15) is 11.1 Å². The van der Waals surface area contributed by atoms with Gasteiger partial charge < -0.3 is 5.32 Å². The van der Waals surface area contributed by atoms with Crippen LogP contribution in [-0.4, -0.2) is 30.9 Å². The quantitative estimate of drug-likeness (QED) is 0.449. The second-order valence-corrected chi connectivity index (χ2v) is 7.26. The van der Waals surface area contributed by atoms with Crippen molar-refractivity contribution in [1.82, 2.24) is 30.3 Å². The summed E-state index contributed by atoms with van der Waals surface area (Å²) in [5.74, 6) is -0.0491.